The molecule has 3 aromatic rings. The number of anilines is 1. The fourth-order valence-corrected chi connectivity index (χ4v) is 2.71. The number of hydrogen-bond donors (Lipinski definition) is 1. The van der Waals surface area contributed by atoms with E-state index >= 15 is 0 Å². The van der Waals surface area contributed by atoms with Gasteiger partial charge in [0.2, 0.25) is 5.95 Å². The largest absolute Gasteiger partial charge is 0.289 e. The topological polar surface area (TPSA) is 72.7 Å². The first-order valence-corrected chi connectivity index (χ1v) is 8.56. The normalized spacial score (nSPS) is 10.5. The number of thioether (sulfide) groups is 1. The van der Waals surface area contributed by atoms with Gasteiger partial charge in [0.25, 0.3) is 5.91 Å². The molecule has 1 amide bonds. The van der Waals surface area contributed by atoms with Crippen LogP contribution in [0.1, 0.15) is 22.8 Å². The van der Waals surface area contributed by atoms with Crippen molar-refractivity contribution in [2.24, 2.45) is 0 Å². The first kappa shape index (κ1) is 16.2. The molecule has 0 saturated heterocycles. The van der Waals surface area contributed by atoms with E-state index in [1.165, 1.54) is 0 Å². The lowest BCUT2D eigenvalue weighted by molar-refractivity contribution is 0.102. The van der Waals surface area contributed by atoms with E-state index in [4.69, 9.17) is 0 Å². The third-order valence-electron chi connectivity index (χ3n) is 3.24. The molecule has 0 unspecified atom stereocenters. The van der Waals surface area contributed by atoms with Crippen molar-refractivity contribution in [2.45, 2.75) is 18.5 Å². The summed E-state index contributed by atoms with van der Waals surface area (Å²) in [5, 5.41) is 7.86. The Hall–Kier alpha value is -2.67. The minimum Gasteiger partial charge on any atom is -0.289 e. The molecule has 2 heterocycles. The van der Waals surface area contributed by atoms with Crippen LogP contribution in [0.5, 0.6) is 0 Å². The number of benzene rings is 1. The minimum atomic E-state index is -0.270. The highest BCUT2D eigenvalue weighted by Gasteiger charge is 2.10. The number of carbonyl (C=O) groups excluding carboxylic acids is 1. The van der Waals surface area contributed by atoms with Crippen molar-refractivity contribution in [1.82, 2.24) is 19.7 Å². The Kier molecular flexibility index (Phi) is 5.22. The van der Waals surface area contributed by atoms with E-state index in [0.29, 0.717) is 12.1 Å². The molecule has 0 aliphatic carbocycles. The van der Waals surface area contributed by atoms with Crippen molar-refractivity contribution < 1.29 is 4.79 Å². The van der Waals surface area contributed by atoms with Gasteiger partial charge in [0.1, 0.15) is 6.33 Å². The molecule has 6 nitrogen and oxygen atoms in total. The summed E-state index contributed by atoms with van der Waals surface area (Å²) < 4.78 is 1.68. The Balaban J connectivity index is 1.62. The first-order chi connectivity index (χ1) is 11.7. The monoisotopic (exact) mass is 339 g/mol. The zero-order chi connectivity index (χ0) is 16.8. The predicted octanol–water partition coefficient (Wildman–Crippen LogP) is 3.09. The van der Waals surface area contributed by atoms with Gasteiger partial charge in [-0.05, 0) is 23.4 Å². The number of nitrogens with zero attached hydrogens (tertiary/aromatic N) is 4. The van der Waals surface area contributed by atoms with E-state index in [1.54, 1.807) is 35.0 Å². The first-order valence-electron chi connectivity index (χ1n) is 7.58. The molecule has 3 rings (SSSR count). The van der Waals surface area contributed by atoms with Gasteiger partial charge in [-0.1, -0.05) is 37.3 Å². The van der Waals surface area contributed by atoms with Crippen LogP contribution in [0.3, 0.4) is 0 Å². The lowest BCUT2D eigenvalue weighted by Gasteiger charge is -2.02. The van der Waals surface area contributed by atoms with E-state index in [1.807, 2.05) is 36.4 Å². The molecule has 0 radical (unpaired) electrons. The van der Waals surface area contributed by atoms with Crippen molar-refractivity contribution >= 4 is 23.6 Å². The lowest BCUT2D eigenvalue weighted by atomic mass is 10.2. The maximum atomic E-state index is 12.2. The van der Waals surface area contributed by atoms with Crippen LogP contribution in [-0.4, -0.2) is 31.4 Å². The second-order valence-corrected chi connectivity index (χ2v) is 6.31. The van der Waals surface area contributed by atoms with Gasteiger partial charge in [0, 0.05) is 6.20 Å². The molecule has 0 saturated carbocycles. The van der Waals surface area contributed by atoms with E-state index in [0.717, 1.165) is 16.3 Å². The Morgan fingerprint density at radius 3 is 2.71 bits per heavy atom. The third-order valence-corrected chi connectivity index (χ3v) is 4.07. The van der Waals surface area contributed by atoms with Crippen LogP contribution in [0.15, 0.2) is 60.0 Å². The number of hydrogen-bond acceptors (Lipinski definition) is 5. The van der Waals surface area contributed by atoms with Crippen molar-refractivity contribution in [2.75, 3.05) is 11.1 Å². The average Bonchev–Trinajstić information content (AvgIpc) is 3.03. The molecule has 7 heteroatoms. The lowest BCUT2D eigenvalue weighted by Crippen LogP contribution is -2.13. The van der Waals surface area contributed by atoms with Gasteiger partial charge < -0.3 is 0 Å². The highest BCUT2D eigenvalue weighted by molar-refractivity contribution is 7.99. The molecule has 0 aliphatic rings. The minimum absolute atomic E-state index is 0.270. The second-order valence-electron chi connectivity index (χ2n) is 5.02. The Morgan fingerprint density at radius 1 is 1.17 bits per heavy atom. The molecule has 2 aromatic heterocycles. The molecule has 0 atom stereocenters. The van der Waals surface area contributed by atoms with Gasteiger partial charge >= 0.3 is 0 Å². The van der Waals surface area contributed by atoms with Crippen LogP contribution in [-0.2, 0) is 6.54 Å². The molecule has 1 N–H and O–H groups in total. The third kappa shape index (κ3) is 4.20. The standard InChI is InChI=1S/C17H17N5OS/c1-2-24-15-9-8-14(10-18-15)16(23)20-17-19-12-22(21-17)11-13-6-4-3-5-7-13/h3-10,12H,2,11H2,1H3,(H,20,21,23). The summed E-state index contributed by atoms with van der Waals surface area (Å²) in [5.41, 5.74) is 1.60. The maximum Gasteiger partial charge on any atom is 0.259 e. The van der Waals surface area contributed by atoms with Gasteiger partial charge in [0.15, 0.2) is 0 Å². The van der Waals surface area contributed by atoms with E-state index in [9.17, 15) is 4.79 Å². The number of amides is 1. The molecule has 0 bridgehead atoms. The molecule has 24 heavy (non-hydrogen) atoms. The molecule has 1 aromatic carbocycles. The second kappa shape index (κ2) is 7.74. The Morgan fingerprint density at radius 2 is 2.00 bits per heavy atom. The predicted molar refractivity (Wildman–Crippen MR) is 94.2 cm³/mol. The molecule has 122 valence electrons. The van der Waals surface area contributed by atoms with Crippen LogP contribution in [0.25, 0.3) is 0 Å². The maximum absolute atomic E-state index is 12.2. The summed E-state index contributed by atoms with van der Waals surface area (Å²) in [5.74, 6) is 0.956. The highest BCUT2D eigenvalue weighted by atomic mass is 32.2. The Labute approximate surface area is 144 Å². The SMILES string of the molecule is CCSc1ccc(C(=O)Nc2ncn(Cc3ccccc3)n2)cn1. The summed E-state index contributed by atoms with van der Waals surface area (Å²) in [6.45, 7) is 2.67. The van der Waals surface area contributed by atoms with Crippen LogP contribution in [0, 0.1) is 0 Å². The Bertz CT molecular complexity index is 801. The number of nitrogens with one attached hydrogen (secondary N) is 1. The van der Waals surface area contributed by atoms with Crippen molar-refractivity contribution in [3.8, 4) is 0 Å². The summed E-state index contributed by atoms with van der Waals surface area (Å²) in [4.78, 5) is 20.6. The summed E-state index contributed by atoms with van der Waals surface area (Å²) >= 11 is 1.63. The summed E-state index contributed by atoms with van der Waals surface area (Å²) in [6, 6.07) is 13.5. The zero-order valence-electron chi connectivity index (χ0n) is 13.2. The quantitative estimate of drug-likeness (QED) is 0.699. The smallest absolute Gasteiger partial charge is 0.259 e. The molecular weight excluding hydrogens is 322 g/mol. The van der Waals surface area contributed by atoms with Gasteiger partial charge in [-0.15, -0.1) is 16.9 Å². The van der Waals surface area contributed by atoms with Crippen LogP contribution < -0.4 is 5.32 Å². The van der Waals surface area contributed by atoms with Crippen LogP contribution in [0.4, 0.5) is 5.95 Å². The summed E-state index contributed by atoms with van der Waals surface area (Å²) in [7, 11) is 0. The van der Waals surface area contributed by atoms with Crippen molar-refractivity contribution in [1.29, 1.82) is 0 Å². The fourth-order valence-electron chi connectivity index (χ4n) is 2.12. The van der Waals surface area contributed by atoms with Gasteiger partial charge in [-0.3, -0.25) is 10.1 Å². The summed E-state index contributed by atoms with van der Waals surface area (Å²) in [6.07, 6.45) is 3.16. The van der Waals surface area contributed by atoms with E-state index in [-0.39, 0.29) is 11.9 Å². The van der Waals surface area contributed by atoms with E-state index in [2.05, 4.69) is 27.3 Å². The van der Waals surface area contributed by atoms with Gasteiger partial charge in [-0.2, -0.15) is 0 Å². The number of rotatable bonds is 6. The molecule has 0 fully saturated rings. The van der Waals surface area contributed by atoms with Gasteiger partial charge in [0.05, 0.1) is 17.1 Å². The number of pyridine rings is 1. The fraction of sp³-hybridized carbons (Fsp3) is 0.176. The van der Waals surface area contributed by atoms with Crippen LogP contribution in [0.2, 0.25) is 0 Å². The highest BCUT2D eigenvalue weighted by Crippen LogP contribution is 2.14. The van der Waals surface area contributed by atoms with E-state index < -0.39 is 0 Å². The molecule has 0 aliphatic heterocycles. The molecular formula is C17H17N5OS. The molecule has 0 spiro atoms. The van der Waals surface area contributed by atoms with Gasteiger partial charge in [-0.25, -0.2) is 14.6 Å². The zero-order valence-corrected chi connectivity index (χ0v) is 14.0. The van der Waals surface area contributed by atoms with Crippen LogP contribution >= 0.6 is 11.8 Å². The average molecular weight is 339 g/mol. The number of aromatic nitrogens is 4. The van der Waals surface area contributed by atoms with Crippen molar-refractivity contribution in [3.63, 3.8) is 0 Å². The van der Waals surface area contributed by atoms with Crippen molar-refractivity contribution in [3.05, 3.63) is 66.1 Å². The number of carbonyl (C=O) groups is 1.